The summed E-state index contributed by atoms with van der Waals surface area (Å²) in [5.41, 5.74) is 2.05. The van der Waals surface area contributed by atoms with Gasteiger partial charge in [0.25, 0.3) is 5.91 Å². The molecule has 3 heterocycles. The zero-order valence-electron chi connectivity index (χ0n) is 13.8. The Balaban J connectivity index is 1.66. The summed E-state index contributed by atoms with van der Waals surface area (Å²) in [7, 11) is 0. The summed E-state index contributed by atoms with van der Waals surface area (Å²) >= 11 is 1.41. The van der Waals surface area contributed by atoms with Crippen LogP contribution in [0.2, 0.25) is 0 Å². The van der Waals surface area contributed by atoms with Gasteiger partial charge in [0, 0.05) is 12.6 Å². The van der Waals surface area contributed by atoms with Gasteiger partial charge < -0.3 is 14.4 Å². The molecule has 7 heteroatoms. The molecule has 0 saturated carbocycles. The van der Waals surface area contributed by atoms with E-state index in [1.165, 1.54) is 11.3 Å². The molecule has 1 N–H and O–H groups in total. The quantitative estimate of drug-likeness (QED) is 0.593. The van der Waals surface area contributed by atoms with Crippen LogP contribution in [0.4, 0.5) is 5.82 Å². The number of benzene rings is 1. The molecule has 0 aliphatic carbocycles. The molecule has 4 rings (SSSR count). The molecular weight excluding hydrogens is 336 g/mol. The van der Waals surface area contributed by atoms with Gasteiger partial charge in [-0.1, -0.05) is 17.3 Å². The summed E-state index contributed by atoms with van der Waals surface area (Å²) < 4.78 is 7.12. The molecule has 6 nitrogen and oxygen atoms in total. The van der Waals surface area contributed by atoms with E-state index in [4.69, 9.17) is 9.51 Å². The van der Waals surface area contributed by atoms with Crippen molar-refractivity contribution in [2.24, 2.45) is 0 Å². The Kier molecular flexibility index (Phi) is 3.85. The number of para-hydroxylation sites is 2. The number of hydrogen-bond donors (Lipinski definition) is 1. The highest BCUT2D eigenvalue weighted by atomic mass is 32.1. The van der Waals surface area contributed by atoms with Crippen molar-refractivity contribution in [3.63, 3.8) is 0 Å². The highest BCUT2D eigenvalue weighted by Crippen LogP contribution is 2.31. The number of nitrogens with one attached hydrogen (secondary N) is 1. The van der Waals surface area contributed by atoms with Gasteiger partial charge in [0.15, 0.2) is 11.6 Å². The number of carbonyl (C=O) groups is 1. The lowest BCUT2D eigenvalue weighted by atomic mass is 10.3. The topological polar surface area (TPSA) is 73.0 Å². The van der Waals surface area contributed by atoms with Crippen molar-refractivity contribution in [2.45, 2.75) is 20.4 Å². The Morgan fingerprint density at radius 3 is 2.88 bits per heavy atom. The van der Waals surface area contributed by atoms with Crippen molar-refractivity contribution < 1.29 is 9.32 Å². The second-order valence-corrected chi connectivity index (χ2v) is 6.69. The molecule has 0 aliphatic rings. The van der Waals surface area contributed by atoms with E-state index >= 15 is 0 Å². The predicted molar refractivity (Wildman–Crippen MR) is 97.9 cm³/mol. The Labute approximate surface area is 148 Å². The fourth-order valence-electron chi connectivity index (χ4n) is 2.77. The number of amides is 1. The van der Waals surface area contributed by atoms with E-state index in [2.05, 4.69) is 28.0 Å². The number of aromatic nitrogens is 3. The molecule has 25 heavy (non-hydrogen) atoms. The van der Waals surface area contributed by atoms with Gasteiger partial charge in [0.2, 0.25) is 0 Å². The first-order valence-electron chi connectivity index (χ1n) is 7.96. The van der Waals surface area contributed by atoms with Gasteiger partial charge in [-0.2, -0.15) is 0 Å². The number of fused-ring (bicyclic) bond motifs is 1. The Bertz CT molecular complexity index is 1060. The third-order valence-corrected chi connectivity index (χ3v) is 4.97. The maximum Gasteiger partial charge on any atom is 0.266 e. The minimum Gasteiger partial charge on any atom is -0.360 e. The molecule has 0 aliphatic heterocycles. The molecule has 1 aromatic carbocycles. The van der Waals surface area contributed by atoms with Crippen LogP contribution in [0, 0.1) is 6.92 Å². The fourth-order valence-corrected chi connectivity index (χ4v) is 3.67. The van der Waals surface area contributed by atoms with Gasteiger partial charge in [-0.05, 0) is 38.1 Å². The maximum absolute atomic E-state index is 12.4. The van der Waals surface area contributed by atoms with E-state index in [0.717, 1.165) is 28.3 Å². The molecule has 1 amide bonds. The van der Waals surface area contributed by atoms with E-state index in [1.807, 2.05) is 30.3 Å². The van der Waals surface area contributed by atoms with E-state index in [0.29, 0.717) is 16.5 Å². The van der Waals surface area contributed by atoms with Crippen LogP contribution in [0.1, 0.15) is 22.4 Å². The average Bonchev–Trinajstić information content (AvgIpc) is 3.32. The number of thiophene rings is 1. The normalized spacial score (nSPS) is 11.1. The Morgan fingerprint density at radius 1 is 1.28 bits per heavy atom. The summed E-state index contributed by atoms with van der Waals surface area (Å²) in [6, 6.07) is 13.5. The summed E-state index contributed by atoms with van der Waals surface area (Å²) in [6.45, 7) is 4.68. The van der Waals surface area contributed by atoms with Crippen molar-refractivity contribution in [1.29, 1.82) is 0 Å². The van der Waals surface area contributed by atoms with Crippen molar-refractivity contribution >= 4 is 34.1 Å². The van der Waals surface area contributed by atoms with Crippen LogP contribution in [0.5, 0.6) is 0 Å². The summed E-state index contributed by atoms with van der Waals surface area (Å²) in [5.74, 6) is 1.74. The predicted octanol–water partition coefficient (Wildman–Crippen LogP) is 4.33. The molecule has 3 aromatic heterocycles. The zero-order chi connectivity index (χ0) is 17.4. The Hall–Kier alpha value is -2.93. The summed E-state index contributed by atoms with van der Waals surface area (Å²) in [5, 5.41) is 6.52. The van der Waals surface area contributed by atoms with Crippen molar-refractivity contribution in [1.82, 2.24) is 14.7 Å². The molecule has 0 radical (unpaired) electrons. The minimum atomic E-state index is -0.205. The number of nitrogens with zero attached hydrogens (tertiary/aromatic N) is 3. The van der Waals surface area contributed by atoms with Crippen LogP contribution in [-0.2, 0) is 6.54 Å². The second kappa shape index (κ2) is 6.18. The molecule has 0 fully saturated rings. The maximum atomic E-state index is 12.4. The number of carbonyl (C=O) groups excluding carboxylic acids is 1. The Morgan fingerprint density at radius 2 is 2.12 bits per heavy atom. The number of anilines is 1. The van der Waals surface area contributed by atoms with E-state index in [9.17, 15) is 4.79 Å². The van der Waals surface area contributed by atoms with Crippen LogP contribution < -0.4 is 5.32 Å². The summed E-state index contributed by atoms with van der Waals surface area (Å²) in [6.07, 6.45) is 0. The summed E-state index contributed by atoms with van der Waals surface area (Å²) in [4.78, 5) is 18.7. The largest absolute Gasteiger partial charge is 0.360 e. The number of imidazole rings is 1. The van der Waals surface area contributed by atoms with Crippen LogP contribution >= 0.6 is 11.3 Å². The second-order valence-electron chi connectivity index (χ2n) is 5.61. The lowest BCUT2D eigenvalue weighted by Gasteiger charge is -2.03. The molecule has 0 bridgehead atoms. The molecule has 0 spiro atoms. The number of hydrogen-bond acceptors (Lipinski definition) is 5. The standard InChI is InChI=1S/C18H16N4O2S/c1-3-22-13-7-5-4-6-12(13)19-17(22)14-8-9-15(25-14)18(23)20-16-10-11(2)24-21-16/h4-10H,3H2,1-2H3,(H,20,21,23). The third-order valence-electron chi connectivity index (χ3n) is 3.89. The van der Waals surface area contributed by atoms with Crippen LogP contribution in [0.3, 0.4) is 0 Å². The van der Waals surface area contributed by atoms with Crippen molar-refractivity contribution in [3.8, 4) is 10.7 Å². The molecule has 0 saturated heterocycles. The van der Waals surface area contributed by atoms with Gasteiger partial charge in [0.1, 0.15) is 5.76 Å². The number of aryl methyl sites for hydroxylation is 2. The van der Waals surface area contributed by atoms with Gasteiger partial charge in [-0.3, -0.25) is 4.79 Å². The van der Waals surface area contributed by atoms with Crippen molar-refractivity contribution in [2.75, 3.05) is 5.32 Å². The monoisotopic (exact) mass is 352 g/mol. The van der Waals surface area contributed by atoms with Crippen LogP contribution in [0.25, 0.3) is 21.7 Å². The molecule has 0 atom stereocenters. The average molecular weight is 352 g/mol. The van der Waals surface area contributed by atoms with Crippen molar-refractivity contribution in [3.05, 3.63) is 53.1 Å². The first-order chi connectivity index (χ1) is 12.2. The number of rotatable bonds is 4. The van der Waals surface area contributed by atoms with Crippen LogP contribution in [0.15, 0.2) is 47.0 Å². The highest BCUT2D eigenvalue weighted by Gasteiger charge is 2.16. The lowest BCUT2D eigenvalue weighted by Crippen LogP contribution is -2.10. The first kappa shape index (κ1) is 15.6. The van der Waals surface area contributed by atoms with E-state index in [1.54, 1.807) is 13.0 Å². The molecule has 4 aromatic rings. The van der Waals surface area contributed by atoms with E-state index < -0.39 is 0 Å². The molecule has 0 unspecified atom stereocenters. The first-order valence-corrected chi connectivity index (χ1v) is 8.77. The SMILES string of the molecule is CCn1c(-c2ccc(C(=O)Nc3cc(C)on3)s2)nc2ccccc21. The van der Waals surface area contributed by atoms with Crippen LogP contribution in [-0.4, -0.2) is 20.6 Å². The van der Waals surface area contributed by atoms with Gasteiger partial charge >= 0.3 is 0 Å². The minimum absolute atomic E-state index is 0.205. The van der Waals surface area contributed by atoms with E-state index in [-0.39, 0.29) is 5.91 Å². The van der Waals surface area contributed by atoms with Gasteiger partial charge in [-0.15, -0.1) is 11.3 Å². The smallest absolute Gasteiger partial charge is 0.266 e. The molecule has 126 valence electrons. The zero-order valence-corrected chi connectivity index (χ0v) is 14.6. The third kappa shape index (κ3) is 2.83. The lowest BCUT2D eigenvalue weighted by molar-refractivity contribution is 0.102. The molecular formula is C18H16N4O2S. The highest BCUT2D eigenvalue weighted by molar-refractivity contribution is 7.17. The fraction of sp³-hybridized carbons (Fsp3) is 0.167. The van der Waals surface area contributed by atoms with Gasteiger partial charge in [0.05, 0.1) is 20.8 Å². The van der Waals surface area contributed by atoms with Gasteiger partial charge in [-0.25, -0.2) is 4.98 Å².